The van der Waals surface area contributed by atoms with Crippen LogP contribution >= 0.6 is 11.6 Å². The van der Waals surface area contributed by atoms with E-state index in [0.717, 1.165) is 49.1 Å². The monoisotopic (exact) mass is 310 g/mol. The van der Waals surface area contributed by atoms with Crippen LogP contribution in [0.2, 0.25) is 5.02 Å². The molecule has 6 nitrogen and oxygen atoms in total. The van der Waals surface area contributed by atoms with Crippen molar-refractivity contribution in [3.63, 3.8) is 0 Å². The smallest absolute Gasteiger partial charge is 0.185 e. The second kappa shape index (κ2) is 6.58. The first-order valence-corrected chi connectivity index (χ1v) is 7.76. The zero-order valence-corrected chi connectivity index (χ0v) is 14.1. The van der Waals surface area contributed by atoms with E-state index in [1.807, 2.05) is 37.1 Å². The largest absolute Gasteiger partial charge is 0.313 e. The molecule has 1 aliphatic rings. The van der Waals surface area contributed by atoms with Crippen molar-refractivity contribution < 1.29 is 0 Å². The van der Waals surface area contributed by atoms with Gasteiger partial charge in [-0.25, -0.2) is 0 Å². The van der Waals surface area contributed by atoms with Crippen molar-refractivity contribution in [2.45, 2.75) is 40.3 Å². The van der Waals surface area contributed by atoms with E-state index in [0.29, 0.717) is 5.02 Å². The van der Waals surface area contributed by atoms with Crippen LogP contribution in [-0.2, 0) is 20.1 Å². The maximum atomic E-state index is 6.50. The Kier molecular flexibility index (Phi) is 5.00. The lowest BCUT2D eigenvalue weighted by Gasteiger charge is -2.11. The van der Waals surface area contributed by atoms with E-state index in [9.17, 15) is 0 Å². The Hall–Kier alpha value is -1.40. The summed E-state index contributed by atoms with van der Waals surface area (Å²) < 4.78 is 3.92. The highest BCUT2D eigenvalue weighted by Gasteiger charge is 2.23. The van der Waals surface area contributed by atoms with Crippen molar-refractivity contribution in [2.24, 2.45) is 7.05 Å². The molecule has 7 heteroatoms. The van der Waals surface area contributed by atoms with Crippen molar-refractivity contribution in [1.82, 2.24) is 29.4 Å². The van der Waals surface area contributed by atoms with Crippen molar-refractivity contribution in [3.05, 3.63) is 16.5 Å². The van der Waals surface area contributed by atoms with Gasteiger partial charge in [0.05, 0.1) is 10.7 Å². The van der Waals surface area contributed by atoms with Gasteiger partial charge in [0.2, 0.25) is 0 Å². The summed E-state index contributed by atoms with van der Waals surface area (Å²) in [6.07, 6.45) is 1.08. The van der Waals surface area contributed by atoms with Gasteiger partial charge < -0.3 is 9.47 Å². The molecular weight excluding hydrogens is 288 g/mol. The topological polar surface area (TPSA) is 51.8 Å². The third kappa shape index (κ3) is 2.96. The maximum absolute atomic E-state index is 6.50. The molecule has 0 saturated carbocycles. The first kappa shape index (κ1) is 16.0. The predicted molar refractivity (Wildman–Crippen MR) is 84.3 cm³/mol. The Bertz CT molecular complexity index is 615. The molecule has 2 aromatic heterocycles. The summed E-state index contributed by atoms with van der Waals surface area (Å²) in [7, 11) is 4.03. The van der Waals surface area contributed by atoms with Gasteiger partial charge in [-0.05, 0) is 20.4 Å². The van der Waals surface area contributed by atoms with E-state index < -0.39 is 0 Å². The molecule has 116 valence electrons. The van der Waals surface area contributed by atoms with Crippen LogP contribution in [0.25, 0.3) is 11.5 Å². The minimum absolute atomic E-state index is 0.698. The lowest BCUT2D eigenvalue weighted by Crippen LogP contribution is -2.17. The van der Waals surface area contributed by atoms with Crippen LogP contribution < -0.4 is 0 Å². The van der Waals surface area contributed by atoms with Crippen LogP contribution in [-0.4, -0.2) is 43.0 Å². The van der Waals surface area contributed by atoms with Gasteiger partial charge >= 0.3 is 0 Å². The first-order chi connectivity index (χ1) is 10.1. The molecule has 0 aliphatic carbocycles. The van der Waals surface area contributed by atoms with Crippen LogP contribution in [0.3, 0.4) is 0 Å². The quantitative estimate of drug-likeness (QED) is 0.812. The minimum Gasteiger partial charge on any atom is -0.313 e. The average Bonchev–Trinajstić information content (AvgIpc) is 2.88. The van der Waals surface area contributed by atoms with Crippen LogP contribution in [0.15, 0.2) is 0 Å². The standard InChI is InChI=1S/C12H17ClN6.C2H6/c1-8-14-15-12(18(8)3)11-10(13)9-7-17(2)5-4-6-19(9)16-11;1-2/h4-7H2,1-3H3;1-2H3. The van der Waals surface area contributed by atoms with Gasteiger partial charge in [-0.2, -0.15) is 5.10 Å². The fourth-order valence-corrected chi connectivity index (χ4v) is 2.67. The summed E-state index contributed by atoms with van der Waals surface area (Å²) in [6, 6.07) is 0. The second-order valence-corrected chi connectivity index (χ2v) is 5.43. The predicted octanol–water partition coefficient (Wildman–Crippen LogP) is 2.50. The Morgan fingerprint density at radius 1 is 1.10 bits per heavy atom. The molecule has 0 amide bonds. The lowest BCUT2D eigenvalue weighted by molar-refractivity contribution is 0.332. The Morgan fingerprint density at radius 2 is 1.81 bits per heavy atom. The number of rotatable bonds is 1. The highest BCUT2D eigenvalue weighted by atomic mass is 35.5. The van der Waals surface area contributed by atoms with Crippen molar-refractivity contribution in [2.75, 3.05) is 13.6 Å². The highest BCUT2D eigenvalue weighted by Crippen LogP contribution is 2.30. The van der Waals surface area contributed by atoms with E-state index >= 15 is 0 Å². The fraction of sp³-hybridized carbons (Fsp3) is 0.643. The van der Waals surface area contributed by atoms with E-state index in [4.69, 9.17) is 11.6 Å². The number of aryl methyl sites for hydroxylation is 2. The van der Waals surface area contributed by atoms with Crippen LogP contribution in [0, 0.1) is 6.92 Å². The number of nitrogens with zero attached hydrogens (tertiary/aromatic N) is 6. The molecule has 0 fully saturated rings. The molecule has 3 heterocycles. The van der Waals surface area contributed by atoms with E-state index in [2.05, 4.69) is 27.2 Å². The number of halogens is 1. The SMILES string of the molecule is CC.Cc1nnc(-c2nn3c(c2Cl)CN(C)CCC3)n1C. The number of fused-ring (bicyclic) bond motifs is 1. The van der Waals surface area contributed by atoms with Gasteiger partial charge in [0.15, 0.2) is 5.82 Å². The Labute approximate surface area is 130 Å². The third-order valence-corrected chi connectivity index (χ3v) is 4.02. The highest BCUT2D eigenvalue weighted by molar-refractivity contribution is 6.33. The summed E-state index contributed by atoms with van der Waals surface area (Å²) in [4.78, 5) is 2.26. The van der Waals surface area contributed by atoms with Crippen molar-refractivity contribution in [3.8, 4) is 11.5 Å². The molecule has 21 heavy (non-hydrogen) atoms. The molecular formula is C14H23ClN6. The molecule has 0 bridgehead atoms. The van der Waals surface area contributed by atoms with Crippen LogP contribution in [0.4, 0.5) is 0 Å². The maximum Gasteiger partial charge on any atom is 0.185 e. The van der Waals surface area contributed by atoms with E-state index in [1.54, 1.807) is 0 Å². The molecule has 0 saturated heterocycles. The summed E-state index contributed by atoms with van der Waals surface area (Å²) in [5.41, 5.74) is 1.80. The average molecular weight is 311 g/mol. The lowest BCUT2D eigenvalue weighted by atomic mass is 10.3. The van der Waals surface area contributed by atoms with Crippen LogP contribution in [0.1, 0.15) is 31.8 Å². The van der Waals surface area contributed by atoms with E-state index in [1.165, 1.54) is 0 Å². The Morgan fingerprint density at radius 3 is 2.43 bits per heavy atom. The molecule has 2 aromatic rings. The number of hydrogen-bond donors (Lipinski definition) is 0. The molecule has 0 unspecified atom stereocenters. The van der Waals surface area contributed by atoms with Gasteiger partial charge in [0, 0.05) is 26.7 Å². The first-order valence-electron chi connectivity index (χ1n) is 7.38. The van der Waals surface area contributed by atoms with Gasteiger partial charge in [0.25, 0.3) is 0 Å². The second-order valence-electron chi connectivity index (χ2n) is 5.05. The van der Waals surface area contributed by atoms with Gasteiger partial charge in [0.1, 0.15) is 11.5 Å². The molecule has 0 atom stereocenters. The number of hydrogen-bond acceptors (Lipinski definition) is 4. The summed E-state index contributed by atoms with van der Waals surface area (Å²) >= 11 is 6.50. The summed E-state index contributed by atoms with van der Waals surface area (Å²) in [6.45, 7) is 8.70. The van der Waals surface area contributed by atoms with E-state index in [-0.39, 0.29) is 0 Å². The third-order valence-electron chi connectivity index (χ3n) is 3.63. The minimum atomic E-state index is 0.698. The van der Waals surface area contributed by atoms with Crippen LogP contribution in [0.5, 0.6) is 0 Å². The van der Waals surface area contributed by atoms with Crippen molar-refractivity contribution in [1.29, 1.82) is 0 Å². The van der Waals surface area contributed by atoms with Gasteiger partial charge in [-0.1, -0.05) is 25.4 Å². The van der Waals surface area contributed by atoms with Gasteiger partial charge in [-0.15, -0.1) is 10.2 Å². The molecule has 0 aromatic carbocycles. The zero-order chi connectivity index (χ0) is 15.6. The summed E-state index contributed by atoms with van der Waals surface area (Å²) in [5.74, 6) is 1.58. The zero-order valence-electron chi connectivity index (χ0n) is 13.4. The molecule has 0 N–H and O–H groups in total. The fourth-order valence-electron chi connectivity index (χ4n) is 2.39. The van der Waals surface area contributed by atoms with Crippen molar-refractivity contribution >= 4 is 11.6 Å². The molecule has 0 spiro atoms. The normalized spacial score (nSPS) is 15.1. The Balaban J connectivity index is 0.000000774. The molecule has 3 rings (SSSR count). The van der Waals surface area contributed by atoms with Gasteiger partial charge in [-0.3, -0.25) is 4.68 Å². The number of aromatic nitrogens is 5. The molecule has 0 radical (unpaired) electrons. The summed E-state index contributed by atoms with van der Waals surface area (Å²) in [5, 5.41) is 13.6. The molecule has 1 aliphatic heterocycles.